The third-order valence-corrected chi connectivity index (χ3v) is 18.1. The van der Waals surface area contributed by atoms with E-state index in [4.69, 9.17) is 28.4 Å². The van der Waals surface area contributed by atoms with Crippen molar-refractivity contribution in [2.24, 2.45) is 39.4 Å². The highest BCUT2D eigenvalue weighted by Crippen LogP contribution is 2.74. The van der Waals surface area contributed by atoms with Gasteiger partial charge in [0.25, 0.3) is 0 Å². The molecular formula is C48H80O19. The topological polar surface area (TPSA) is 318 Å². The van der Waals surface area contributed by atoms with E-state index in [1.165, 1.54) is 5.57 Å². The first-order valence-electron chi connectivity index (χ1n) is 24.3. The summed E-state index contributed by atoms with van der Waals surface area (Å²) in [6.45, 7) is 14.5. The van der Waals surface area contributed by atoms with Crippen molar-refractivity contribution >= 4 is 0 Å². The first kappa shape index (κ1) is 53.5. The largest absolute Gasteiger partial charge is 0.394 e. The Labute approximate surface area is 392 Å². The summed E-state index contributed by atoms with van der Waals surface area (Å²) in [6.07, 6.45) is -15.8. The molecule has 6 fully saturated rings. The molecule has 0 bridgehead atoms. The molecule has 0 amide bonds. The van der Waals surface area contributed by atoms with Crippen molar-refractivity contribution < 1.29 is 94.8 Å². The number of ether oxygens (including phenoxy) is 6. The molecular weight excluding hydrogens is 881 g/mol. The highest BCUT2D eigenvalue weighted by molar-refractivity contribution is 5.45. The Hall–Kier alpha value is -1.28. The Morgan fingerprint density at radius 2 is 1.21 bits per heavy atom. The maximum atomic E-state index is 12.5. The van der Waals surface area contributed by atoms with Gasteiger partial charge in [-0.15, -0.1) is 0 Å². The van der Waals surface area contributed by atoms with Gasteiger partial charge in [0.1, 0.15) is 73.2 Å². The van der Waals surface area contributed by atoms with Gasteiger partial charge < -0.3 is 94.8 Å². The SMILES string of the molecule is C[C@@H](CC[C@@H](O[C@@H]1O[C@H](CO[C@@H]2O[C@@H](CO)[C@@H](O)[C@H](O)[C@H]2O)[C@@H](O)[C@H](O)[C@H]1O)C(C)(C)O)[C@@H]1CC[C@@]2(C)C3=CC=C4[C@@H](CC[C@H](O[C@@H]5O[C@@H](CO)[C@@H](O)[C@H](O)[C@H]5O)C4(C)C)[C@]3(C)[C@@H](O)C[C@@]12C. The lowest BCUT2D eigenvalue weighted by Crippen LogP contribution is -2.62. The molecule has 386 valence electrons. The molecule has 24 atom stereocenters. The van der Waals surface area contributed by atoms with Gasteiger partial charge in [-0.1, -0.05) is 64.8 Å². The third kappa shape index (κ3) is 9.16. The quantitative estimate of drug-likeness (QED) is 0.0979. The fourth-order valence-corrected chi connectivity index (χ4v) is 13.5. The lowest BCUT2D eigenvalue weighted by molar-refractivity contribution is -0.341. The molecule has 3 aliphatic heterocycles. The van der Waals surface area contributed by atoms with E-state index in [1.54, 1.807) is 13.8 Å². The summed E-state index contributed by atoms with van der Waals surface area (Å²) in [6, 6.07) is 0. The molecule has 7 rings (SSSR count). The number of aliphatic hydroxyl groups excluding tert-OH is 12. The zero-order chi connectivity index (χ0) is 49.5. The molecule has 19 nitrogen and oxygen atoms in total. The normalized spacial score (nSPS) is 49.8. The minimum Gasteiger partial charge on any atom is -0.394 e. The highest BCUT2D eigenvalue weighted by atomic mass is 16.7. The fourth-order valence-electron chi connectivity index (χ4n) is 13.5. The predicted molar refractivity (Wildman–Crippen MR) is 235 cm³/mol. The summed E-state index contributed by atoms with van der Waals surface area (Å²) < 4.78 is 35.3. The lowest BCUT2D eigenvalue weighted by atomic mass is 9.41. The second-order valence-electron chi connectivity index (χ2n) is 22.7. The molecule has 3 saturated carbocycles. The first-order chi connectivity index (χ1) is 31.2. The molecule has 4 aliphatic carbocycles. The Morgan fingerprint density at radius 3 is 1.79 bits per heavy atom. The molecule has 3 heterocycles. The van der Waals surface area contributed by atoms with E-state index < -0.39 is 147 Å². The summed E-state index contributed by atoms with van der Waals surface area (Å²) >= 11 is 0. The maximum absolute atomic E-state index is 12.5. The van der Waals surface area contributed by atoms with Gasteiger partial charge in [0, 0.05) is 10.8 Å². The molecule has 67 heavy (non-hydrogen) atoms. The number of hydrogen-bond acceptors (Lipinski definition) is 19. The van der Waals surface area contributed by atoms with Crippen molar-refractivity contribution in [2.75, 3.05) is 19.8 Å². The number of hydrogen-bond donors (Lipinski definition) is 13. The maximum Gasteiger partial charge on any atom is 0.187 e. The van der Waals surface area contributed by atoms with E-state index in [9.17, 15) is 66.4 Å². The van der Waals surface area contributed by atoms with E-state index in [0.717, 1.165) is 18.4 Å². The van der Waals surface area contributed by atoms with Gasteiger partial charge in [0.15, 0.2) is 18.9 Å². The van der Waals surface area contributed by atoms with Gasteiger partial charge >= 0.3 is 0 Å². The fraction of sp³-hybridized carbons (Fsp3) is 0.917. The zero-order valence-electron chi connectivity index (χ0n) is 40.1. The molecule has 13 N–H and O–H groups in total. The van der Waals surface area contributed by atoms with Crippen LogP contribution in [-0.4, -0.2) is 202 Å². The number of fused-ring (bicyclic) bond motifs is 5. The van der Waals surface area contributed by atoms with Crippen LogP contribution in [0, 0.1) is 39.4 Å². The monoisotopic (exact) mass is 961 g/mol. The van der Waals surface area contributed by atoms with Crippen molar-refractivity contribution in [3.8, 4) is 0 Å². The second kappa shape index (κ2) is 19.6. The lowest BCUT2D eigenvalue weighted by Gasteiger charge is -2.64. The standard InChI is InChI=1S/C48H80O19/c1-21(9-13-31(45(4,5)61)67-43-40(60)37(57)34(54)27(65-43)20-62-41-38(58)35(55)32(52)25(18-49)63-41)22-15-16-46(6)28-12-10-23-24(48(28,8)29(51)17-47(22,46)7)11-14-30(44(23,2)3)66-42-39(59)36(56)33(53)26(19-50)64-42/h10,12,21-22,24-27,29-43,49-61H,9,11,13-20H2,1-8H3/t21-,22-,24+,25-,26-,27+,29-,30-,31+,32+,33+,34+,35-,36-,37-,38+,39+,40+,41+,42-,43-,46-,47-,48-/m0/s1. The summed E-state index contributed by atoms with van der Waals surface area (Å²) in [5.74, 6) is 0.248. The Bertz CT molecular complexity index is 1770. The first-order valence-corrected chi connectivity index (χ1v) is 24.3. The van der Waals surface area contributed by atoms with Crippen LogP contribution in [0.2, 0.25) is 0 Å². The summed E-state index contributed by atoms with van der Waals surface area (Å²) in [5, 5.41) is 138. The third-order valence-electron chi connectivity index (χ3n) is 18.1. The Balaban J connectivity index is 1.03. The van der Waals surface area contributed by atoms with Crippen molar-refractivity contribution in [3.63, 3.8) is 0 Å². The molecule has 7 aliphatic rings. The average molecular weight is 961 g/mol. The van der Waals surface area contributed by atoms with Crippen LogP contribution < -0.4 is 0 Å². The van der Waals surface area contributed by atoms with E-state index in [1.807, 2.05) is 0 Å². The molecule has 0 spiro atoms. The minimum absolute atomic E-state index is 0.00873. The van der Waals surface area contributed by atoms with Crippen molar-refractivity contribution in [1.29, 1.82) is 0 Å². The molecule has 19 heteroatoms. The van der Waals surface area contributed by atoms with Gasteiger partial charge in [-0.3, -0.25) is 0 Å². The average Bonchev–Trinajstić information content (AvgIpc) is 3.54. The van der Waals surface area contributed by atoms with Gasteiger partial charge in [-0.2, -0.15) is 0 Å². The molecule has 0 aromatic carbocycles. The number of rotatable bonds is 14. The molecule has 0 aromatic heterocycles. The molecule has 0 radical (unpaired) electrons. The van der Waals surface area contributed by atoms with Gasteiger partial charge in [-0.25, -0.2) is 0 Å². The van der Waals surface area contributed by atoms with E-state index in [0.29, 0.717) is 32.1 Å². The molecule has 0 unspecified atom stereocenters. The van der Waals surface area contributed by atoms with Crippen molar-refractivity contribution in [3.05, 3.63) is 23.3 Å². The van der Waals surface area contributed by atoms with Crippen LogP contribution in [0.25, 0.3) is 0 Å². The number of aliphatic hydroxyl groups is 13. The zero-order valence-corrected chi connectivity index (χ0v) is 40.1. The van der Waals surface area contributed by atoms with Crippen LogP contribution in [0.3, 0.4) is 0 Å². The smallest absolute Gasteiger partial charge is 0.187 e. The summed E-state index contributed by atoms with van der Waals surface area (Å²) in [7, 11) is 0. The van der Waals surface area contributed by atoms with Gasteiger partial charge in [0.05, 0.1) is 43.7 Å². The Morgan fingerprint density at radius 1 is 0.672 bits per heavy atom. The van der Waals surface area contributed by atoms with Crippen molar-refractivity contribution in [1.82, 2.24) is 0 Å². The second-order valence-corrected chi connectivity index (χ2v) is 22.7. The predicted octanol–water partition coefficient (Wildman–Crippen LogP) is -1.14. The van der Waals surface area contributed by atoms with E-state index in [-0.39, 0.29) is 28.6 Å². The van der Waals surface area contributed by atoms with Crippen LogP contribution in [0.5, 0.6) is 0 Å². The van der Waals surface area contributed by atoms with Crippen LogP contribution in [0.15, 0.2) is 23.3 Å². The van der Waals surface area contributed by atoms with E-state index >= 15 is 0 Å². The summed E-state index contributed by atoms with van der Waals surface area (Å²) in [4.78, 5) is 0. The van der Waals surface area contributed by atoms with Crippen LogP contribution in [0.4, 0.5) is 0 Å². The van der Waals surface area contributed by atoms with Gasteiger partial charge in [-0.05, 0) is 87.4 Å². The highest BCUT2D eigenvalue weighted by Gasteiger charge is 2.68. The van der Waals surface area contributed by atoms with Crippen LogP contribution in [0.1, 0.15) is 100 Å². The molecule has 3 saturated heterocycles. The minimum atomic E-state index is -1.76. The molecule has 0 aromatic rings. The van der Waals surface area contributed by atoms with Crippen LogP contribution in [-0.2, 0) is 28.4 Å². The van der Waals surface area contributed by atoms with Crippen LogP contribution >= 0.6 is 0 Å². The number of allylic oxidation sites excluding steroid dienone is 2. The van der Waals surface area contributed by atoms with Gasteiger partial charge in [0.2, 0.25) is 0 Å². The van der Waals surface area contributed by atoms with E-state index in [2.05, 4.69) is 53.7 Å². The summed E-state index contributed by atoms with van der Waals surface area (Å²) in [5.41, 5.74) is -0.853. The van der Waals surface area contributed by atoms with Crippen molar-refractivity contribution in [2.45, 2.75) is 216 Å². The Kier molecular flexibility index (Phi) is 15.7.